The topological polar surface area (TPSA) is 63.9 Å². The molecule has 3 aromatic carbocycles. The third-order valence-corrected chi connectivity index (χ3v) is 8.04. The Bertz CT molecular complexity index is 1620. The van der Waals surface area contributed by atoms with E-state index in [9.17, 15) is 9.59 Å². The van der Waals surface area contributed by atoms with E-state index in [0.29, 0.717) is 29.7 Å². The second kappa shape index (κ2) is 12.6. The number of hydrogen-bond donors (Lipinski definition) is 0. The molecule has 4 rings (SSSR count). The number of aryl methyl sites for hydroxylation is 2. The predicted octanol–water partition coefficient (Wildman–Crippen LogP) is 7.69. The Morgan fingerprint density at radius 2 is 1.56 bits per heavy atom. The van der Waals surface area contributed by atoms with Crippen molar-refractivity contribution in [3.63, 3.8) is 0 Å². The summed E-state index contributed by atoms with van der Waals surface area (Å²) in [5.74, 6) is -0.380. The fourth-order valence-electron chi connectivity index (χ4n) is 5.58. The van der Waals surface area contributed by atoms with Crippen LogP contribution in [-0.2, 0) is 16.2 Å². The zero-order chi connectivity index (χ0) is 29.7. The third-order valence-electron chi connectivity index (χ3n) is 8.04. The second-order valence-corrected chi connectivity index (χ2v) is 10.8. The maximum absolute atomic E-state index is 13.5. The lowest BCUT2D eigenvalue weighted by molar-refractivity contribution is -0.156. The number of ketones is 1. The van der Waals surface area contributed by atoms with Gasteiger partial charge in [-0.1, -0.05) is 55.4 Å². The Hall–Kier alpha value is -4.03. The van der Waals surface area contributed by atoms with Gasteiger partial charge < -0.3 is 9.40 Å². The van der Waals surface area contributed by atoms with Crippen molar-refractivity contribution in [2.24, 2.45) is 5.16 Å². The number of fused-ring (bicyclic) bond motifs is 3. The van der Waals surface area contributed by atoms with E-state index in [0.717, 1.165) is 52.6 Å². The lowest BCUT2D eigenvalue weighted by Crippen LogP contribution is -2.50. The summed E-state index contributed by atoms with van der Waals surface area (Å²) >= 11 is 0. The SMILES string of the molecule is C=CCCC(=NOC(=O)C(C)(C)N(CC)CC)c1ccc2c(c1)c1cc(C(=O)c3ccccc3C)ccc1n2CC. The molecule has 0 aliphatic heterocycles. The summed E-state index contributed by atoms with van der Waals surface area (Å²) in [7, 11) is 0. The second-order valence-electron chi connectivity index (χ2n) is 10.8. The number of carbonyl (C=O) groups is 2. The highest BCUT2D eigenvalue weighted by Gasteiger charge is 2.35. The van der Waals surface area contributed by atoms with Gasteiger partial charge in [0, 0.05) is 45.0 Å². The normalized spacial score (nSPS) is 12.3. The molecule has 41 heavy (non-hydrogen) atoms. The molecule has 1 heterocycles. The van der Waals surface area contributed by atoms with Crippen molar-refractivity contribution in [2.75, 3.05) is 13.1 Å². The molecule has 0 aliphatic rings. The van der Waals surface area contributed by atoms with Crippen molar-refractivity contribution < 1.29 is 14.4 Å². The van der Waals surface area contributed by atoms with Gasteiger partial charge in [0.2, 0.25) is 0 Å². The number of aromatic nitrogens is 1. The van der Waals surface area contributed by atoms with E-state index in [4.69, 9.17) is 4.84 Å². The van der Waals surface area contributed by atoms with Crippen LogP contribution in [0.1, 0.15) is 74.5 Å². The minimum absolute atomic E-state index is 0.00881. The molecule has 0 saturated heterocycles. The maximum Gasteiger partial charge on any atom is 0.354 e. The molecule has 0 spiro atoms. The summed E-state index contributed by atoms with van der Waals surface area (Å²) in [6, 6.07) is 19.8. The lowest BCUT2D eigenvalue weighted by atomic mass is 9.97. The van der Waals surface area contributed by atoms with Crippen LogP contribution in [0.2, 0.25) is 0 Å². The summed E-state index contributed by atoms with van der Waals surface area (Å²) in [6.07, 6.45) is 3.11. The maximum atomic E-state index is 13.5. The average molecular weight is 552 g/mol. The van der Waals surface area contributed by atoms with Crippen LogP contribution in [0.5, 0.6) is 0 Å². The lowest BCUT2D eigenvalue weighted by Gasteiger charge is -2.33. The first-order valence-corrected chi connectivity index (χ1v) is 14.5. The number of allylic oxidation sites excluding steroid dienone is 1. The molecule has 6 heteroatoms. The number of rotatable bonds is 12. The van der Waals surface area contributed by atoms with Crippen LogP contribution in [0.3, 0.4) is 0 Å². The Labute approximate surface area is 243 Å². The van der Waals surface area contributed by atoms with Gasteiger partial charge in [-0.3, -0.25) is 9.69 Å². The fraction of sp³-hybridized carbons (Fsp3) is 0.343. The summed E-state index contributed by atoms with van der Waals surface area (Å²) in [5, 5.41) is 6.42. The monoisotopic (exact) mass is 551 g/mol. The number of benzene rings is 3. The van der Waals surface area contributed by atoms with Crippen molar-refractivity contribution >= 4 is 39.3 Å². The molecule has 0 radical (unpaired) electrons. The molecule has 214 valence electrons. The minimum Gasteiger partial charge on any atom is -0.341 e. The van der Waals surface area contributed by atoms with Gasteiger partial charge in [-0.25, -0.2) is 4.79 Å². The summed E-state index contributed by atoms with van der Waals surface area (Å²) < 4.78 is 2.25. The highest BCUT2D eigenvalue weighted by molar-refractivity contribution is 6.16. The molecule has 6 nitrogen and oxygen atoms in total. The molecule has 0 fully saturated rings. The molecule has 1 aromatic heterocycles. The smallest absolute Gasteiger partial charge is 0.341 e. The van der Waals surface area contributed by atoms with Crippen LogP contribution in [0.4, 0.5) is 0 Å². The first kappa shape index (κ1) is 29.9. The van der Waals surface area contributed by atoms with Crippen LogP contribution in [0.15, 0.2) is 78.5 Å². The van der Waals surface area contributed by atoms with Gasteiger partial charge in [0.1, 0.15) is 5.54 Å². The molecule has 0 unspecified atom stereocenters. The Kier molecular flexibility index (Phi) is 9.24. The van der Waals surface area contributed by atoms with E-state index >= 15 is 0 Å². The molecule has 0 N–H and O–H groups in total. The summed E-state index contributed by atoms with van der Waals surface area (Å²) in [4.78, 5) is 34.1. The Balaban J connectivity index is 1.79. The molecule has 0 saturated carbocycles. The average Bonchev–Trinajstić information content (AvgIpc) is 3.29. The molecule has 0 amide bonds. The van der Waals surface area contributed by atoms with Crippen LogP contribution in [0, 0.1) is 6.92 Å². The molecule has 0 bridgehead atoms. The van der Waals surface area contributed by atoms with Crippen molar-refractivity contribution in [1.29, 1.82) is 0 Å². The summed E-state index contributed by atoms with van der Waals surface area (Å²) in [6.45, 7) is 18.0. The van der Waals surface area contributed by atoms with Gasteiger partial charge in [-0.2, -0.15) is 0 Å². The highest BCUT2D eigenvalue weighted by atomic mass is 16.7. The van der Waals surface area contributed by atoms with E-state index in [1.807, 2.05) is 89.2 Å². The Morgan fingerprint density at radius 3 is 2.15 bits per heavy atom. The predicted molar refractivity (Wildman–Crippen MR) is 169 cm³/mol. The number of oxime groups is 1. The fourth-order valence-corrected chi connectivity index (χ4v) is 5.58. The molecule has 0 atom stereocenters. The minimum atomic E-state index is -0.797. The molecular formula is C35H41N3O3. The third kappa shape index (κ3) is 5.89. The number of hydrogen-bond acceptors (Lipinski definition) is 5. The molecule has 0 aliphatic carbocycles. The standard InChI is InChI=1S/C35H41N3O3/c1-8-12-17-30(36-41-34(40)35(6,7)37(9-2)10-3)25-18-20-31-28(22-25)29-23-26(19-21-32(29)38(31)11-4)33(39)27-16-14-13-15-24(27)5/h8,13-16,18-23H,1,9-12,17H2,2-7H3. The van der Waals surface area contributed by atoms with Crippen molar-refractivity contribution in [3.05, 3.63) is 95.6 Å². The van der Waals surface area contributed by atoms with Crippen molar-refractivity contribution in [1.82, 2.24) is 9.47 Å². The van der Waals surface area contributed by atoms with E-state index in [-0.39, 0.29) is 11.8 Å². The Morgan fingerprint density at radius 1 is 0.951 bits per heavy atom. The zero-order valence-corrected chi connectivity index (χ0v) is 25.2. The van der Waals surface area contributed by atoms with E-state index < -0.39 is 5.54 Å². The van der Waals surface area contributed by atoms with Gasteiger partial charge in [0.15, 0.2) is 5.78 Å². The van der Waals surface area contributed by atoms with Crippen LogP contribution in [0.25, 0.3) is 21.8 Å². The first-order valence-electron chi connectivity index (χ1n) is 14.5. The van der Waals surface area contributed by atoms with Gasteiger partial charge in [0.25, 0.3) is 0 Å². The number of nitrogens with zero attached hydrogens (tertiary/aromatic N) is 3. The number of likely N-dealkylation sites (N-methyl/N-ethyl adjacent to an activating group) is 1. The van der Waals surface area contributed by atoms with Gasteiger partial charge in [-0.05, 0) is 89.5 Å². The zero-order valence-electron chi connectivity index (χ0n) is 25.2. The van der Waals surface area contributed by atoms with E-state index in [1.54, 1.807) is 0 Å². The van der Waals surface area contributed by atoms with Gasteiger partial charge in [0.05, 0.1) is 5.71 Å². The van der Waals surface area contributed by atoms with E-state index in [2.05, 4.69) is 40.3 Å². The first-order chi connectivity index (χ1) is 19.7. The summed E-state index contributed by atoms with van der Waals surface area (Å²) in [5.41, 5.74) is 5.22. The quantitative estimate of drug-likeness (QED) is 0.0595. The highest BCUT2D eigenvalue weighted by Crippen LogP contribution is 2.32. The molecular weight excluding hydrogens is 510 g/mol. The largest absolute Gasteiger partial charge is 0.354 e. The van der Waals surface area contributed by atoms with Crippen LogP contribution >= 0.6 is 0 Å². The van der Waals surface area contributed by atoms with Crippen LogP contribution in [-0.4, -0.2) is 45.6 Å². The van der Waals surface area contributed by atoms with Crippen LogP contribution < -0.4 is 0 Å². The van der Waals surface area contributed by atoms with E-state index in [1.165, 1.54) is 0 Å². The molecule has 4 aromatic rings. The number of carbonyl (C=O) groups excluding carboxylic acids is 2. The van der Waals surface area contributed by atoms with Crippen molar-refractivity contribution in [2.45, 2.75) is 66.5 Å². The van der Waals surface area contributed by atoms with Gasteiger partial charge >= 0.3 is 5.97 Å². The van der Waals surface area contributed by atoms with Crippen molar-refractivity contribution in [3.8, 4) is 0 Å². The van der Waals surface area contributed by atoms with Gasteiger partial charge in [-0.15, -0.1) is 6.58 Å².